The summed E-state index contributed by atoms with van der Waals surface area (Å²) in [7, 11) is 0. The lowest BCUT2D eigenvalue weighted by atomic mass is 10.1. The van der Waals surface area contributed by atoms with Crippen LogP contribution in [0.15, 0.2) is 60.9 Å². The van der Waals surface area contributed by atoms with Crippen LogP contribution in [0.1, 0.15) is 13.3 Å². The maximum atomic E-state index is 13.3. The Balaban J connectivity index is 1.13. The van der Waals surface area contributed by atoms with Crippen LogP contribution in [-0.2, 0) is 9.59 Å². The first-order chi connectivity index (χ1) is 18.6. The van der Waals surface area contributed by atoms with Gasteiger partial charge >= 0.3 is 0 Å². The van der Waals surface area contributed by atoms with Crippen LogP contribution in [0.25, 0.3) is 16.9 Å². The van der Waals surface area contributed by atoms with Gasteiger partial charge < -0.3 is 19.4 Å². The SMILES string of the molecule is CCOc1ccc(-n2nnc3c(N4CCN(C(=O)C5CC(=O)N(c6ccccc6)C5)CC4)ncnc32)cc1. The highest BCUT2D eigenvalue weighted by Gasteiger charge is 2.38. The molecule has 2 aliphatic rings. The van der Waals surface area contributed by atoms with Gasteiger partial charge in [0.05, 0.1) is 18.2 Å². The number of anilines is 2. The van der Waals surface area contributed by atoms with Crippen molar-refractivity contribution in [3.05, 3.63) is 60.9 Å². The van der Waals surface area contributed by atoms with Crippen molar-refractivity contribution < 1.29 is 14.3 Å². The minimum atomic E-state index is -0.325. The first-order valence-electron chi connectivity index (χ1n) is 12.8. The van der Waals surface area contributed by atoms with Crippen LogP contribution >= 0.6 is 0 Å². The summed E-state index contributed by atoms with van der Waals surface area (Å²) >= 11 is 0. The third-order valence-electron chi connectivity index (χ3n) is 7.04. The van der Waals surface area contributed by atoms with E-state index in [1.165, 1.54) is 6.33 Å². The highest BCUT2D eigenvalue weighted by atomic mass is 16.5. The van der Waals surface area contributed by atoms with Gasteiger partial charge in [-0.15, -0.1) is 5.10 Å². The summed E-state index contributed by atoms with van der Waals surface area (Å²) in [5.41, 5.74) is 2.89. The van der Waals surface area contributed by atoms with Gasteiger partial charge in [-0.3, -0.25) is 9.59 Å². The molecule has 2 aromatic carbocycles. The molecule has 194 valence electrons. The van der Waals surface area contributed by atoms with Crippen molar-refractivity contribution in [2.75, 3.05) is 49.1 Å². The smallest absolute Gasteiger partial charge is 0.228 e. The van der Waals surface area contributed by atoms with E-state index in [9.17, 15) is 9.59 Å². The van der Waals surface area contributed by atoms with E-state index in [0.717, 1.165) is 17.1 Å². The fourth-order valence-electron chi connectivity index (χ4n) is 5.12. The van der Waals surface area contributed by atoms with Gasteiger partial charge in [-0.25, -0.2) is 9.97 Å². The van der Waals surface area contributed by atoms with Crippen LogP contribution < -0.4 is 14.5 Å². The molecule has 1 unspecified atom stereocenters. The number of ether oxygens (including phenoxy) is 1. The fraction of sp³-hybridized carbons (Fsp3) is 0.333. The Hall–Kier alpha value is -4.54. The molecule has 0 bridgehead atoms. The Morgan fingerprint density at radius 2 is 1.74 bits per heavy atom. The molecule has 2 fully saturated rings. The molecule has 0 radical (unpaired) electrons. The number of rotatable bonds is 6. The lowest BCUT2D eigenvalue weighted by Gasteiger charge is -2.36. The van der Waals surface area contributed by atoms with Crippen molar-refractivity contribution in [1.82, 2.24) is 29.9 Å². The maximum Gasteiger partial charge on any atom is 0.228 e. The zero-order chi connectivity index (χ0) is 26.1. The summed E-state index contributed by atoms with van der Waals surface area (Å²) in [5.74, 6) is 1.19. The largest absolute Gasteiger partial charge is 0.494 e. The Kier molecular flexibility index (Phi) is 6.32. The van der Waals surface area contributed by atoms with Gasteiger partial charge in [0.15, 0.2) is 17.0 Å². The van der Waals surface area contributed by atoms with Crippen LogP contribution in [0.2, 0.25) is 0 Å². The van der Waals surface area contributed by atoms with E-state index in [2.05, 4.69) is 25.2 Å². The Morgan fingerprint density at radius 3 is 2.47 bits per heavy atom. The highest BCUT2D eigenvalue weighted by Crippen LogP contribution is 2.28. The number of aromatic nitrogens is 5. The first-order valence-corrected chi connectivity index (χ1v) is 12.8. The average molecular weight is 513 g/mol. The number of benzene rings is 2. The third-order valence-corrected chi connectivity index (χ3v) is 7.04. The molecular weight excluding hydrogens is 484 g/mol. The van der Waals surface area contributed by atoms with E-state index >= 15 is 0 Å². The quantitative estimate of drug-likeness (QED) is 0.387. The van der Waals surface area contributed by atoms with Gasteiger partial charge in [0, 0.05) is 44.8 Å². The van der Waals surface area contributed by atoms with E-state index < -0.39 is 0 Å². The summed E-state index contributed by atoms with van der Waals surface area (Å²) in [5, 5.41) is 8.71. The molecular formula is C27H28N8O3. The van der Waals surface area contributed by atoms with Crippen molar-refractivity contribution in [2.24, 2.45) is 5.92 Å². The lowest BCUT2D eigenvalue weighted by Crippen LogP contribution is -2.51. The summed E-state index contributed by atoms with van der Waals surface area (Å²) in [4.78, 5) is 40.5. The molecule has 0 spiro atoms. The number of hydrogen-bond acceptors (Lipinski definition) is 8. The van der Waals surface area contributed by atoms with Gasteiger partial charge in [-0.1, -0.05) is 23.4 Å². The molecule has 0 aliphatic carbocycles. The second-order valence-electron chi connectivity index (χ2n) is 9.35. The van der Waals surface area contributed by atoms with Gasteiger partial charge in [0.25, 0.3) is 0 Å². The Bertz CT molecular complexity index is 1450. The standard InChI is InChI=1S/C27H28N8O3/c1-2-38-22-10-8-21(9-11-22)35-26-24(30-31-35)25(28-18-29-26)32-12-14-33(15-13-32)27(37)19-16-23(36)34(17-19)20-6-4-3-5-7-20/h3-11,18-19H,2,12-17H2,1H3. The fourth-order valence-corrected chi connectivity index (χ4v) is 5.12. The third kappa shape index (κ3) is 4.40. The molecule has 6 rings (SSSR count). The van der Waals surface area contributed by atoms with Crippen molar-refractivity contribution in [3.8, 4) is 11.4 Å². The topological polar surface area (TPSA) is 110 Å². The molecule has 1 atom stereocenters. The molecule has 0 saturated carbocycles. The number of para-hydroxylation sites is 1. The van der Waals surface area contributed by atoms with E-state index in [-0.39, 0.29) is 24.2 Å². The number of nitrogens with zero attached hydrogens (tertiary/aromatic N) is 8. The van der Waals surface area contributed by atoms with Crippen molar-refractivity contribution >= 4 is 34.5 Å². The van der Waals surface area contributed by atoms with Crippen molar-refractivity contribution in [2.45, 2.75) is 13.3 Å². The van der Waals surface area contributed by atoms with Crippen LogP contribution in [-0.4, -0.2) is 81.0 Å². The molecule has 4 aromatic rings. The molecule has 2 aromatic heterocycles. The van der Waals surface area contributed by atoms with Crippen LogP contribution in [0.4, 0.5) is 11.5 Å². The minimum Gasteiger partial charge on any atom is -0.494 e. The van der Waals surface area contributed by atoms with E-state index in [0.29, 0.717) is 56.3 Å². The van der Waals surface area contributed by atoms with Crippen LogP contribution in [0, 0.1) is 5.92 Å². The van der Waals surface area contributed by atoms with Crippen LogP contribution in [0.3, 0.4) is 0 Å². The molecule has 11 heteroatoms. The van der Waals surface area contributed by atoms with E-state index in [1.54, 1.807) is 9.58 Å². The normalized spacial score (nSPS) is 17.9. The Labute approximate surface area is 219 Å². The molecule has 2 saturated heterocycles. The maximum absolute atomic E-state index is 13.3. The summed E-state index contributed by atoms with van der Waals surface area (Å²) in [6.07, 6.45) is 1.76. The van der Waals surface area contributed by atoms with Gasteiger partial charge in [0.1, 0.15) is 12.1 Å². The number of carbonyl (C=O) groups is 2. The number of piperazine rings is 1. The van der Waals surface area contributed by atoms with Gasteiger partial charge in [0.2, 0.25) is 11.8 Å². The predicted molar refractivity (Wildman–Crippen MR) is 141 cm³/mol. The average Bonchev–Trinajstić information content (AvgIpc) is 3.58. The number of carbonyl (C=O) groups excluding carboxylic acids is 2. The first kappa shape index (κ1) is 23.8. The van der Waals surface area contributed by atoms with Gasteiger partial charge in [-0.2, -0.15) is 4.68 Å². The minimum absolute atomic E-state index is 0.00724. The van der Waals surface area contributed by atoms with E-state index in [1.807, 2.05) is 66.4 Å². The number of fused-ring (bicyclic) bond motifs is 1. The highest BCUT2D eigenvalue weighted by molar-refractivity contribution is 6.00. The lowest BCUT2D eigenvalue weighted by molar-refractivity contribution is -0.136. The molecule has 0 N–H and O–H groups in total. The van der Waals surface area contributed by atoms with Crippen molar-refractivity contribution in [3.63, 3.8) is 0 Å². The van der Waals surface area contributed by atoms with Crippen LogP contribution in [0.5, 0.6) is 5.75 Å². The number of hydrogen-bond donors (Lipinski definition) is 0. The van der Waals surface area contributed by atoms with Gasteiger partial charge in [-0.05, 0) is 43.3 Å². The molecule has 2 aliphatic heterocycles. The second-order valence-corrected chi connectivity index (χ2v) is 9.35. The molecule has 2 amide bonds. The van der Waals surface area contributed by atoms with E-state index in [4.69, 9.17) is 4.74 Å². The monoisotopic (exact) mass is 512 g/mol. The summed E-state index contributed by atoms with van der Waals surface area (Å²) in [6, 6.07) is 17.1. The second kappa shape index (κ2) is 10.1. The zero-order valence-corrected chi connectivity index (χ0v) is 21.1. The zero-order valence-electron chi connectivity index (χ0n) is 21.1. The predicted octanol–water partition coefficient (Wildman–Crippen LogP) is 2.31. The molecule has 11 nitrogen and oxygen atoms in total. The Morgan fingerprint density at radius 1 is 0.974 bits per heavy atom. The summed E-state index contributed by atoms with van der Waals surface area (Å²) < 4.78 is 7.21. The molecule has 4 heterocycles. The molecule has 38 heavy (non-hydrogen) atoms. The number of amides is 2. The van der Waals surface area contributed by atoms with Crippen molar-refractivity contribution in [1.29, 1.82) is 0 Å². The summed E-state index contributed by atoms with van der Waals surface area (Å²) in [6.45, 7) is 5.28.